The van der Waals surface area contributed by atoms with Crippen molar-refractivity contribution in [3.63, 3.8) is 0 Å². The molecule has 1 N–H and O–H groups in total. The molecular weight excluding hydrogens is 438 g/mol. The highest BCUT2D eigenvalue weighted by atomic mass is 28.4. The minimum atomic E-state index is -1.89. The van der Waals surface area contributed by atoms with Crippen molar-refractivity contribution in [2.75, 3.05) is 13.7 Å². The first-order valence-corrected chi connectivity index (χ1v) is 14.3. The molecule has 8 heteroatoms. The van der Waals surface area contributed by atoms with E-state index in [0.29, 0.717) is 50.0 Å². The average Bonchev–Trinajstić information content (AvgIpc) is 3.24. The largest absolute Gasteiger partial charge is 0.497 e. The summed E-state index contributed by atoms with van der Waals surface area (Å²) in [5, 5.41) is 10.4. The summed E-state index contributed by atoms with van der Waals surface area (Å²) in [6, 6.07) is 7.80. The third-order valence-electron chi connectivity index (χ3n) is 6.32. The highest BCUT2D eigenvalue weighted by Gasteiger charge is 2.37. The van der Waals surface area contributed by atoms with Crippen LogP contribution >= 0.6 is 0 Å². The Morgan fingerprint density at radius 3 is 2.55 bits per heavy atom. The second-order valence-corrected chi connectivity index (χ2v) is 14.7. The highest BCUT2D eigenvalue weighted by molar-refractivity contribution is 6.74. The van der Waals surface area contributed by atoms with Gasteiger partial charge in [0.1, 0.15) is 36.2 Å². The first-order valence-electron chi connectivity index (χ1n) is 11.4. The summed E-state index contributed by atoms with van der Waals surface area (Å²) in [4.78, 5) is 4.52. The van der Waals surface area contributed by atoms with Crippen molar-refractivity contribution < 1.29 is 28.2 Å². The fourth-order valence-corrected chi connectivity index (χ4v) is 4.09. The molecule has 0 aliphatic carbocycles. The van der Waals surface area contributed by atoms with Crippen LogP contribution in [-0.4, -0.2) is 44.3 Å². The number of hydrogen-bond donors (Lipinski definition) is 1. The summed E-state index contributed by atoms with van der Waals surface area (Å²) in [5.41, 5.74) is 1.66. The number of benzene rings is 1. The van der Waals surface area contributed by atoms with Gasteiger partial charge in [0.15, 0.2) is 8.32 Å². The second-order valence-electron chi connectivity index (χ2n) is 9.94. The Bertz CT molecular complexity index is 916. The maximum absolute atomic E-state index is 10.3. The van der Waals surface area contributed by atoms with Crippen molar-refractivity contribution in [3.8, 4) is 5.75 Å². The number of aliphatic hydroxyl groups excluding tert-OH is 1. The van der Waals surface area contributed by atoms with Crippen LogP contribution in [0.5, 0.6) is 5.75 Å². The normalized spacial score (nSPS) is 19.2. The van der Waals surface area contributed by atoms with Gasteiger partial charge in [-0.1, -0.05) is 32.9 Å². The lowest BCUT2D eigenvalue weighted by atomic mass is 10.0. The van der Waals surface area contributed by atoms with Gasteiger partial charge in [-0.3, -0.25) is 0 Å². The van der Waals surface area contributed by atoms with Crippen molar-refractivity contribution in [1.29, 1.82) is 0 Å². The minimum Gasteiger partial charge on any atom is -0.497 e. The van der Waals surface area contributed by atoms with Crippen LogP contribution in [0.3, 0.4) is 0 Å². The van der Waals surface area contributed by atoms with Gasteiger partial charge in [-0.2, -0.15) is 0 Å². The van der Waals surface area contributed by atoms with Gasteiger partial charge in [0.2, 0.25) is 5.89 Å². The van der Waals surface area contributed by atoms with Crippen LogP contribution in [0.2, 0.25) is 18.1 Å². The van der Waals surface area contributed by atoms with Crippen LogP contribution in [0.1, 0.15) is 50.8 Å². The molecule has 0 fully saturated rings. The number of nitrogens with zero attached hydrogens (tertiary/aromatic N) is 1. The van der Waals surface area contributed by atoms with E-state index in [1.54, 1.807) is 19.4 Å². The quantitative estimate of drug-likeness (QED) is 0.369. The van der Waals surface area contributed by atoms with Gasteiger partial charge in [0, 0.05) is 12.8 Å². The summed E-state index contributed by atoms with van der Waals surface area (Å²) in [6.45, 7) is 12.4. The molecule has 0 radical (unpaired) electrons. The van der Waals surface area contributed by atoms with E-state index in [1.807, 2.05) is 24.3 Å². The van der Waals surface area contributed by atoms with Gasteiger partial charge in [0.05, 0.1) is 26.4 Å². The van der Waals surface area contributed by atoms with E-state index in [2.05, 4.69) is 38.8 Å². The van der Waals surface area contributed by atoms with Crippen molar-refractivity contribution >= 4 is 14.1 Å². The maximum atomic E-state index is 10.3. The minimum absolute atomic E-state index is 0.115. The molecule has 3 rings (SSSR count). The monoisotopic (exact) mass is 475 g/mol. The van der Waals surface area contributed by atoms with E-state index >= 15 is 0 Å². The Morgan fingerprint density at radius 2 is 1.88 bits per heavy atom. The standard InChI is InChI=1S/C25H37NO6Si/c1-25(2,3)33(5,6)31-17-24-26-22(16-30-24)23-14-19(27)13-21(32-23)11-12-29-15-18-7-9-20(28-4)10-8-18/h7-10,14,16,19,21,27H,11-13,15,17H2,1-6H3/t19-,21+/m0/s1. The Labute approximate surface area is 197 Å². The second kappa shape index (κ2) is 10.9. The van der Waals surface area contributed by atoms with Crippen LogP contribution in [-0.2, 0) is 27.1 Å². The predicted octanol–water partition coefficient (Wildman–Crippen LogP) is 5.30. The molecular formula is C25H37NO6Si. The molecule has 0 spiro atoms. The van der Waals surface area contributed by atoms with E-state index in [1.165, 1.54) is 0 Å². The van der Waals surface area contributed by atoms with E-state index < -0.39 is 14.4 Å². The van der Waals surface area contributed by atoms with Crippen LogP contribution in [0.25, 0.3) is 5.76 Å². The maximum Gasteiger partial charge on any atom is 0.219 e. The van der Waals surface area contributed by atoms with Crippen molar-refractivity contribution in [1.82, 2.24) is 4.98 Å². The average molecular weight is 476 g/mol. The lowest BCUT2D eigenvalue weighted by Gasteiger charge is -2.35. The molecule has 2 atom stereocenters. The fourth-order valence-electron chi connectivity index (χ4n) is 3.18. The smallest absolute Gasteiger partial charge is 0.219 e. The molecule has 0 unspecified atom stereocenters. The predicted molar refractivity (Wildman–Crippen MR) is 129 cm³/mol. The summed E-state index contributed by atoms with van der Waals surface area (Å²) in [5.74, 6) is 1.88. The van der Waals surface area contributed by atoms with Gasteiger partial charge in [0.25, 0.3) is 0 Å². The summed E-state index contributed by atoms with van der Waals surface area (Å²) in [7, 11) is -0.246. The highest BCUT2D eigenvalue weighted by Crippen LogP contribution is 2.37. The number of hydrogen-bond acceptors (Lipinski definition) is 7. The van der Waals surface area contributed by atoms with E-state index in [9.17, 15) is 5.11 Å². The van der Waals surface area contributed by atoms with Crippen LogP contribution in [0, 0.1) is 0 Å². The van der Waals surface area contributed by atoms with E-state index in [-0.39, 0.29) is 11.1 Å². The van der Waals surface area contributed by atoms with Gasteiger partial charge in [-0.05, 0) is 41.9 Å². The summed E-state index contributed by atoms with van der Waals surface area (Å²) in [6.07, 6.45) is 3.69. The summed E-state index contributed by atoms with van der Waals surface area (Å²) >= 11 is 0. The van der Waals surface area contributed by atoms with Gasteiger partial charge in [-0.15, -0.1) is 0 Å². The van der Waals surface area contributed by atoms with Crippen LogP contribution in [0.15, 0.2) is 41.0 Å². The van der Waals surface area contributed by atoms with Crippen molar-refractivity contribution in [2.24, 2.45) is 0 Å². The first kappa shape index (κ1) is 25.5. The molecule has 33 heavy (non-hydrogen) atoms. The Hall–Kier alpha value is -2.13. The molecule has 2 heterocycles. The third-order valence-corrected chi connectivity index (χ3v) is 10.8. The number of methoxy groups -OCH3 is 1. The molecule has 1 aromatic heterocycles. The lowest BCUT2D eigenvalue weighted by molar-refractivity contribution is 0.0392. The molecule has 0 bridgehead atoms. The molecule has 2 aromatic rings. The molecule has 7 nitrogen and oxygen atoms in total. The van der Waals surface area contributed by atoms with Crippen LogP contribution in [0.4, 0.5) is 0 Å². The molecule has 182 valence electrons. The Kier molecular flexibility index (Phi) is 8.39. The topological polar surface area (TPSA) is 83.2 Å². The number of aliphatic hydroxyl groups is 1. The molecule has 1 aliphatic heterocycles. The van der Waals surface area contributed by atoms with Crippen LogP contribution < -0.4 is 4.74 Å². The van der Waals surface area contributed by atoms with Gasteiger partial charge < -0.3 is 28.2 Å². The molecule has 0 amide bonds. The Morgan fingerprint density at radius 1 is 1.15 bits per heavy atom. The third kappa shape index (κ3) is 7.17. The van der Waals surface area contributed by atoms with E-state index in [4.69, 9.17) is 23.1 Å². The fraction of sp³-hybridized carbons (Fsp3) is 0.560. The first-order chi connectivity index (χ1) is 15.6. The Balaban J connectivity index is 1.48. The molecule has 1 aromatic carbocycles. The molecule has 0 saturated carbocycles. The van der Waals surface area contributed by atoms with E-state index in [0.717, 1.165) is 11.3 Å². The number of ether oxygens (including phenoxy) is 3. The molecule has 1 aliphatic rings. The number of oxazole rings is 1. The van der Waals surface area contributed by atoms with Crippen molar-refractivity contribution in [2.45, 2.75) is 77.2 Å². The van der Waals surface area contributed by atoms with Crippen molar-refractivity contribution in [3.05, 3.63) is 53.8 Å². The molecule has 0 saturated heterocycles. The lowest BCUT2D eigenvalue weighted by Crippen LogP contribution is -2.40. The van der Waals surface area contributed by atoms with Gasteiger partial charge >= 0.3 is 0 Å². The number of aromatic nitrogens is 1. The van der Waals surface area contributed by atoms with Gasteiger partial charge in [-0.25, -0.2) is 4.98 Å². The summed E-state index contributed by atoms with van der Waals surface area (Å²) < 4.78 is 28.9. The zero-order valence-electron chi connectivity index (χ0n) is 20.6. The SMILES string of the molecule is COc1ccc(COCC[C@@H]2C[C@H](O)C=C(c3coc(CO[Si](C)(C)C(C)(C)C)n3)O2)cc1. The number of rotatable bonds is 10. The zero-order chi connectivity index (χ0) is 24.1. The zero-order valence-corrected chi connectivity index (χ0v) is 21.6.